The Morgan fingerprint density at radius 1 is 0.692 bits per heavy atom. The zero-order valence-corrected chi connectivity index (χ0v) is 21.3. The SMILES string of the molecule is Cc1ccc(-c2ccc(C=C3CCCC(=Cc4ccc(-c5ccc(C)cc5[N+](=O)[O-])o4)C3=O)o2)c([N+](=O)[O-])c1. The molecule has 0 spiro atoms. The van der Waals surface area contributed by atoms with Crippen LogP contribution in [-0.2, 0) is 4.79 Å². The minimum Gasteiger partial charge on any atom is -0.456 e. The summed E-state index contributed by atoms with van der Waals surface area (Å²) in [5.74, 6) is 1.41. The van der Waals surface area contributed by atoms with Crippen LogP contribution in [0.4, 0.5) is 11.4 Å². The van der Waals surface area contributed by atoms with E-state index in [0.29, 0.717) is 58.2 Å². The van der Waals surface area contributed by atoms with Crippen LogP contribution < -0.4 is 0 Å². The summed E-state index contributed by atoms with van der Waals surface area (Å²) in [7, 11) is 0. The van der Waals surface area contributed by atoms with Crippen LogP contribution in [0.1, 0.15) is 41.9 Å². The quantitative estimate of drug-likeness (QED) is 0.142. The fraction of sp³-hybridized carbons (Fsp3) is 0.167. The molecule has 196 valence electrons. The van der Waals surface area contributed by atoms with Gasteiger partial charge in [0.25, 0.3) is 11.4 Å². The average molecular weight is 525 g/mol. The molecule has 1 aliphatic carbocycles. The third kappa shape index (κ3) is 5.33. The van der Waals surface area contributed by atoms with E-state index >= 15 is 0 Å². The number of benzene rings is 2. The Morgan fingerprint density at radius 3 is 1.54 bits per heavy atom. The van der Waals surface area contributed by atoms with E-state index in [4.69, 9.17) is 8.83 Å². The van der Waals surface area contributed by atoms with Gasteiger partial charge in [0.1, 0.15) is 23.0 Å². The molecule has 39 heavy (non-hydrogen) atoms. The lowest BCUT2D eigenvalue weighted by Gasteiger charge is -2.15. The summed E-state index contributed by atoms with van der Waals surface area (Å²) in [6.07, 6.45) is 5.22. The number of hydrogen-bond acceptors (Lipinski definition) is 7. The van der Waals surface area contributed by atoms with Gasteiger partial charge in [-0.15, -0.1) is 0 Å². The lowest BCUT2D eigenvalue weighted by molar-refractivity contribution is -0.384. The van der Waals surface area contributed by atoms with Crippen molar-refractivity contribution in [1.29, 1.82) is 0 Å². The number of ketones is 1. The Kier molecular flexibility index (Phi) is 6.81. The number of rotatable bonds is 6. The van der Waals surface area contributed by atoms with E-state index in [1.165, 1.54) is 12.1 Å². The molecule has 0 radical (unpaired) electrons. The predicted octanol–water partition coefficient (Wildman–Crippen LogP) is 7.86. The summed E-state index contributed by atoms with van der Waals surface area (Å²) < 4.78 is 11.7. The van der Waals surface area contributed by atoms with Crippen LogP contribution in [0.25, 0.3) is 34.8 Å². The van der Waals surface area contributed by atoms with E-state index in [1.807, 2.05) is 0 Å². The van der Waals surface area contributed by atoms with Crippen molar-refractivity contribution in [3.63, 3.8) is 0 Å². The van der Waals surface area contributed by atoms with Gasteiger partial charge in [0.2, 0.25) is 0 Å². The highest BCUT2D eigenvalue weighted by molar-refractivity contribution is 6.13. The van der Waals surface area contributed by atoms with Gasteiger partial charge in [0.15, 0.2) is 5.78 Å². The number of nitro groups is 2. The lowest BCUT2D eigenvalue weighted by atomic mass is 9.88. The molecule has 0 saturated heterocycles. The minimum absolute atomic E-state index is 0.0451. The number of aryl methyl sites for hydroxylation is 2. The van der Waals surface area contributed by atoms with E-state index in [1.54, 1.807) is 74.5 Å². The monoisotopic (exact) mass is 524 g/mol. The van der Waals surface area contributed by atoms with Crippen molar-refractivity contribution in [2.75, 3.05) is 0 Å². The molecule has 1 saturated carbocycles. The molecule has 1 fully saturated rings. The summed E-state index contributed by atoms with van der Waals surface area (Å²) in [6.45, 7) is 3.56. The van der Waals surface area contributed by atoms with Gasteiger partial charge in [0, 0.05) is 23.3 Å². The topological polar surface area (TPSA) is 130 Å². The van der Waals surface area contributed by atoms with Crippen LogP contribution in [-0.4, -0.2) is 15.6 Å². The first-order valence-corrected chi connectivity index (χ1v) is 12.4. The standard InChI is InChI=1S/C30H24N2O7/c1-18-6-10-24(26(14-18)31(34)35)28-12-8-22(38-28)16-20-4-3-5-21(30(20)33)17-23-9-13-29(39-23)25-11-7-19(2)15-27(25)32(36)37/h6-17H,3-5H2,1-2H3. The first-order valence-electron chi connectivity index (χ1n) is 12.4. The summed E-state index contributed by atoms with van der Waals surface area (Å²) in [5.41, 5.74) is 3.31. The van der Waals surface area contributed by atoms with Crippen LogP contribution in [0.3, 0.4) is 0 Å². The molecular formula is C30H24N2O7. The maximum absolute atomic E-state index is 13.3. The largest absolute Gasteiger partial charge is 0.456 e. The summed E-state index contributed by atoms with van der Waals surface area (Å²) >= 11 is 0. The van der Waals surface area contributed by atoms with Gasteiger partial charge in [-0.2, -0.15) is 0 Å². The molecule has 0 bridgehead atoms. The second kappa shape index (κ2) is 10.4. The first kappa shape index (κ1) is 25.6. The van der Waals surface area contributed by atoms with E-state index in [9.17, 15) is 25.0 Å². The Balaban J connectivity index is 1.40. The first-order chi connectivity index (χ1) is 18.7. The van der Waals surface area contributed by atoms with Crippen LogP contribution in [0, 0.1) is 34.1 Å². The molecule has 9 heteroatoms. The average Bonchev–Trinajstić information content (AvgIpc) is 3.56. The van der Waals surface area contributed by atoms with E-state index in [0.717, 1.165) is 17.5 Å². The van der Waals surface area contributed by atoms with Crippen molar-refractivity contribution < 1.29 is 23.5 Å². The van der Waals surface area contributed by atoms with Crippen molar-refractivity contribution in [3.05, 3.63) is 115 Å². The lowest BCUT2D eigenvalue weighted by Crippen LogP contribution is -2.12. The highest BCUT2D eigenvalue weighted by Gasteiger charge is 2.23. The Hall–Kier alpha value is -5.05. The highest BCUT2D eigenvalue weighted by atomic mass is 16.6. The van der Waals surface area contributed by atoms with Gasteiger partial charge in [-0.1, -0.05) is 12.1 Å². The molecule has 2 aromatic carbocycles. The Labute approximate surface area is 223 Å². The number of furan rings is 2. The highest BCUT2D eigenvalue weighted by Crippen LogP contribution is 2.35. The van der Waals surface area contributed by atoms with Crippen molar-refractivity contribution in [1.82, 2.24) is 0 Å². The zero-order chi connectivity index (χ0) is 27.7. The Bertz CT molecular complexity index is 1560. The smallest absolute Gasteiger partial charge is 0.280 e. The molecular weight excluding hydrogens is 500 g/mol. The second-order valence-corrected chi connectivity index (χ2v) is 9.48. The molecule has 2 heterocycles. The van der Waals surface area contributed by atoms with Crippen LogP contribution in [0.15, 0.2) is 80.6 Å². The molecule has 0 unspecified atom stereocenters. The van der Waals surface area contributed by atoms with Gasteiger partial charge in [0.05, 0.1) is 21.0 Å². The van der Waals surface area contributed by atoms with Gasteiger partial charge < -0.3 is 8.83 Å². The summed E-state index contributed by atoms with van der Waals surface area (Å²) in [5, 5.41) is 23.0. The molecule has 0 aliphatic heterocycles. The van der Waals surface area contributed by atoms with E-state index < -0.39 is 9.85 Å². The predicted molar refractivity (Wildman–Crippen MR) is 146 cm³/mol. The van der Waals surface area contributed by atoms with Gasteiger partial charge in [-0.25, -0.2) is 0 Å². The third-order valence-corrected chi connectivity index (χ3v) is 6.59. The molecule has 0 atom stereocenters. The van der Waals surface area contributed by atoms with Crippen LogP contribution >= 0.6 is 0 Å². The van der Waals surface area contributed by atoms with Crippen molar-refractivity contribution in [2.45, 2.75) is 33.1 Å². The molecule has 0 N–H and O–H groups in total. The fourth-order valence-corrected chi connectivity index (χ4v) is 4.67. The summed E-state index contributed by atoms with van der Waals surface area (Å²) in [4.78, 5) is 35.4. The van der Waals surface area contributed by atoms with Crippen molar-refractivity contribution in [3.8, 4) is 22.6 Å². The summed E-state index contributed by atoms with van der Waals surface area (Å²) in [6, 6.07) is 16.5. The maximum Gasteiger partial charge on any atom is 0.280 e. The number of nitrogens with zero attached hydrogens (tertiary/aromatic N) is 2. The van der Waals surface area contributed by atoms with E-state index in [2.05, 4.69) is 0 Å². The van der Waals surface area contributed by atoms with Crippen LogP contribution in [0.5, 0.6) is 0 Å². The van der Waals surface area contributed by atoms with Crippen molar-refractivity contribution in [2.24, 2.45) is 0 Å². The molecule has 2 aromatic heterocycles. The van der Waals surface area contributed by atoms with Gasteiger partial charge in [-0.3, -0.25) is 25.0 Å². The van der Waals surface area contributed by atoms with Gasteiger partial charge >= 0.3 is 0 Å². The third-order valence-electron chi connectivity index (χ3n) is 6.59. The van der Waals surface area contributed by atoms with Gasteiger partial charge in [-0.05, 0) is 92.8 Å². The number of hydrogen-bond donors (Lipinski definition) is 0. The zero-order valence-electron chi connectivity index (χ0n) is 21.3. The van der Waals surface area contributed by atoms with E-state index in [-0.39, 0.29) is 17.2 Å². The number of carbonyl (C=O) groups excluding carboxylic acids is 1. The number of carbonyl (C=O) groups is 1. The molecule has 1 aliphatic rings. The molecule has 4 aromatic rings. The minimum atomic E-state index is -0.443. The maximum atomic E-state index is 13.3. The number of allylic oxidation sites excluding steroid dienone is 2. The van der Waals surface area contributed by atoms with Crippen molar-refractivity contribution >= 4 is 29.3 Å². The molecule has 5 rings (SSSR count). The number of nitro benzene ring substituents is 2. The molecule has 0 amide bonds. The number of Topliss-reactive ketones (excluding diaryl/α,β-unsaturated/α-hetero) is 1. The Morgan fingerprint density at radius 2 is 1.13 bits per heavy atom. The molecule has 9 nitrogen and oxygen atoms in total. The second-order valence-electron chi connectivity index (χ2n) is 9.48. The fourth-order valence-electron chi connectivity index (χ4n) is 4.67. The normalized spacial score (nSPS) is 15.7. The van der Waals surface area contributed by atoms with Crippen LogP contribution in [0.2, 0.25) is 0 Å².